The summed E-state index contributed by atoms with van der Waals surface area (Å²) in [5, 5.41) is 2.95. The first-order valence-electron chi connectivity index (χ1n) is 10.5. The predicted octanol–water partition coefficient (Wildman–Crippen LogP) is 3.53. The Morgan fingerprint density at radius 2 is 1.73 bits per heavy atom. The van der Waals surface area contributed by atoms with Crippen molar-refractivity contribution in [1.82, 2.24) is 10.2 Å². The Labute approximate surface area is 192 Å². The molecule has 2 heterocycles. The van der Waals surface area contributed by atoms with E-state index in [1.807, 2.05) is 24.3 Å². The average molecular weight is 450 g/mol. The Balaban J connectivity index is 1.82. The first kappa shape index (κ1) is 22.3. The quantitative estimate of drug-likeness (QED) is 0.592. The minimum atomic E-state index is -0.689. The highest BCUT2D eigenvalue weighted by atomic mass is 16.5. The van der Waals surface area contributed by atoms with E-state index in [1.54, 1.807) is 49.6 Å². The Morgan fingerprint density at radius 3 is 2.33 bits per heavy atom. The van der Waals surface area contributed by atoms with Crippen LogP contribution >= 0.6 is 0 Å². The van der Waals surface area contributed by atoms with E-state index in [9.17, 15) is 9.59 Å². The number of amides is 2. The third kappa shape index (κ3) is 4.11. The Hall–Kier alpha value is -3.94. The molecule has 1 N–H and O–H groups in total. The molecule has 3 aromatic rings. The number of benzene rings is 2. The van der Waals surface area contributed by atoms with Gasteiger partial charge in [-0.25, -0.2) is 0 Å². The minimum absolute atomic E-state index is 0.207. The SMILES string of the molecule is COc1ccc([C@H]2[C@@H](C(=O)NCc3ccco3)c3cc(OC)c(OC)cc3C(=O)N2C)cc1. The maximum Gasteiger partial charge on any atom is 0.254 e. The first-order chi connectivity index (χ1) is 16.0. The number of methoxy groups -OCH3 is 3. The summed E-state index contributed by atoms with van der Waals surface area (Å²) in [6, 6.07) is 13.7. The van der Waals surface area contributed by atoms with Crippen molar-refractivity contribution < 1.29 is 28.2 Å². The maximum atomic E-state index is 13.6. The van der Waals surface area contributed by atoms with Crippen molar-refractivity contribution in [2.75, 3.05) is 28.4 Å². The predicted molar refractivity (Wildman–Crippen MR) is 121 cm³/mol. The van der Waals surface area contributed by atoms with E-state index < -0.39 is 12.0 Å². The van der Waals surface area contributed by atoms with Crippen molar-refractivity contribution in [3.8, 4) is 17.2 Å². The highest BCUT2D eigenvalue weighted by molar-refractivity contribution is 6.02. The van der Waals surface area contributed by atoms with E-state index in [1.165, 1.54) is 14.2 Å². The summed E-state index contributed by atoms with van der Waals surface area (Å²) in [4.78, 5) is 28.5. The number of ether oxygens (including phenoxy) is 3. The fourth-order valence-corrected chi connectivity index (χ4v) is 4.25. The zero-order valence-corrected chi connectivity index (χ0v) is 19.0. The second-order valence-electron chi connectivity index (χ2n) is 7.70. The van der Waals surface area contributed by atoms with E-state index in [2.05, 4.69) is 5.32 Å². The van der Waals surface area contributed by atoms with Crippen LogP contribution in [0.1, 0.15) is 39.2 Å². The molecule has 0 spiro atoms. The molecule has 2 amide bonds. The molecule has 0 unspecified atom stereocenters. The number of hydrogen-bond donors (Lipinski definition) is 1. The molecule has 2 atom stereocenters. The summed E-state index contributed by atoms with van der Waals surface area (Å²) in [6.45, 7) is 0.234. The molecule has 1 aliphatic rings. The molecule has 1 aromatic heterocycles. The smallest absolute Gasteiger partial charge is 0.254 e. The second kappa shape index (κ2) is 9.28. The second-order valence-corrected chi connectivity index (χ2v) is 7.70. The zero-order chi connectivity index (χ0) is 23.5. The van der Waals surface area contributed by atoms with Gasteiger partial charge in [0.05, 0.1) is 46.1 Å². The molecule has 0 saturated heterocycles. The minimum Gasteiger partial charge on any atom is -0.497 e. The lowest BCUT2D eigenvalue weighted by atomic mass is 9.79. The molecule has 1 aliphatic heterocycles. The van der Waals surface area contributed by atoms with Crippen LogP contribution in [0.2, 0.25) is 0 Å². The van der Waals surface area contributed by atoms with Crippen molar-refractivity contribution in [3.05, 3.63) is 77.2 Å². The van der Waals surface area contributed by atoms with Gasteiger partial charge in [0, 0.05) is 12.6 Å². The van der Waals surface area contributed by atoms with E-state index in [0.29, 0.717) is 34.1 Å². The van der Waals surface area contributed by atoms with Gasteiger partial charge in [-0.3, -0.25) is 9.59 Å². The first-order valence-corrected chi connectivity index (χ1v) is 10.5. The molecule has 4 rings (SSSR count). The van der Waals surface area contributed by atoms with E-state index in [4.69, 9.17) is 18.6 Å². The molecule has 172 valence electrons. The van der Waals surface area contributed by atoms with E-state index >= 15 is 0 Å². The topological polar surface area (TPSA) is 90.2 Å². The number of carbonyl (C=O) groups is 2. The maximum absolute atomic E-state index is 13.6. The number of hydrogen-bond acceptors (Lipinski definition) is 6. The summed E-state index contributed by atoms with van der Waals surface area (Å²) in [5.74, 6) is 1.07. The van der Waals surface area contributed by atoms with Gasteiger partial charge >= 0.3 is 0 Å². The van der Waals surface area contributed by atoms with Gasteiger partial charge in [-0.05, 0) is 47.5 Å². The van der Waals surface area contributed by atoms with Crippen LogP contribution in [0.5, 0.6) is 17.2 Å². The summed E-state index contributed by atoms with van der Waals surface area (Å²) >= 11 is 0. The van der Waals surface area contributed by atoms with Crippen LogP contribution in [0.25, 0.3) is 0 Å². The lowest BCUT2D eigenvalue weighted by Gasteiger charge is -2.40. The van der Waals surface area contributed by atoms with Gasteiger partial charge in [0.2, 0.25) is 5.91 Å². The average Bonchev–Trinajstić information content (AvgIpc) is 3.37. The van der Waals surface area contributed by atoms with Crippen molar-refractivity contribution in [2.45, 2.75) is 18.5 Å². The van der Waals surface area contributed by atoms with Crippen LogP contribution in [-0.4, -0.2) is 45.1 Å². The molecule has 0 radical (unpaired) electrons. The highest BCUT2D eigenvalue weighted by Gasteiger charge is 2.43. The summed E-state index contributed by atoms with van der Waals surface area (Å²) < 4.78 is 21.5. The van der Waals surface area contributed by atoms with Crippen molar-refractivity contribution in [3.63, 3.8) is 0 Å². The van der Waals surface area contributed by atoms with E-state index in [-0.39, 0.29) is 18.4 Å². The number of nitrogens with zero attached hydrogens (tertiary/aromatic N) is 1. The summed E-state index contributed by atoms with van der Waals surface area (Å²) in [5.41, 5.74) is 1.79. The lowest BCUT2D eigenvalue weighted by Crippen LogP contribution is -2.45. The van der Waals surface area contributed by atoms with Crippen LogP contribution in [0.4, 0.5) is 0 Å². The van der Waals surface area contributed by atoms with Crippen LogP contribution in [0, 0.1) is 0 Å². The molecule has 0 aliphatic carbocycles. The number of nitrogens with one attached hydrogen (secondary N) is 1. The van der Waals surface area contributed by atoms with Gasteiger partial charge in [0.25, 0.3) is 5.91 Å². The number of furan rings is 1. The normalized spacial score (nSPS) is 17.3. The fourth-order valence-electron chi connectivity index (χ4n) is 4.25. The molecular weight excluding hydrogens is 424 g/mol. The van der Waals surface area contributed by atoms with Crippen molar-refractivity contribution in [2.24, 2.45) is 0 Å². The number of rotatable bonds is 7. The highest BCUT2D eigenvalue weighted by Crippen LogP contribution is 2.45. The molecular formula is C25H26N2O6. The molecule has 0 saturated carbocycles. The van der Waals surface area contributed by atoms with Gasteiger partial charge in [-0.1, -0.05) is 12.1 Å². The molecule has 33 heavy (non-hydrogen) atoms. The molecule has 2 aromatic carbocycles. The largest absolute Gasteiger partial charge is 0.497 e. The third-order valence-corrected chi connectivity index (χ3v) is 5.93. The molecule has 8 nitrogen and oxygen atoms in total. The fraction of sp³-hybridized carbons (Fsp3) is 0.280. The van der Waals surface area contributed by atoms with Crippen LogP contribution in [0.3, 0.4) is 0 Å². The van der Waals surface area contributed by atoms with Crippen molar-refractivity contribution in [1.29, 1.82) is 0 Å². The Bertz CT molecular complexity index is 1140. The summed E-state index contributed by atoms with van der Waals surface area (Å²) in [6.07, 6.45) is 1.56. The van der Waals surface area contributed by atoms with Gasteiger partial charge in [0.1, 0.15) is 11.5 Å². The molecule has 8 heteroatoms. The number of likely N-dealkylation sites (N-methyl/N-ethyl adjacent to an activating group) is 1. The van der Waals surface area contributed by atoms with Crippen LogP contribution < -0.4 is 19.5 Å². The number of carbonyl (C=O) groups excluding carboxylic acids is 2. The monoisotopic (exact) mass is 450 g/mol. The lowest BCUT2D eigenvalue weighted by molar-refractivity contribution is -0.124. The van der Waals surface area contributed by atoms with Gasteiger partial charge in [-0.2, -0.15) is 0 Å². The zero-order valence-electron chi connectivity index (χ0n) is 19.0. The Morgan fingerprint density at radius 1 is 1.03 bits per heavy atom. The Kier molecular flexibility index (Phi) is 6.26. The van der Waals surface area contributed by atoms with Gasteiger partial charge in [-0.15, -0.1) is 0 Å². The van der Waals surface area contributed by atoms with E-state index in [0.717, 1.165) is 5.56 Å². The third-order valence-electron chi connectivity index (χ3n) is 5.93. The summed E-state index contributed by atoms with van der Waals surface area (Å²) in [7, 11) is 6.32. The van der Waals surface area contributed by atoms with Crippen LogP contribution in [-0.2, 0) is 11.3 Å². The number of fused-ring (bicyclic) bond motifs is 1. The van der Waals surface area contributed by atoms with Gasteiger partial charge in [0.15, 0.2) is 11.5 Å². The molecule has 0 fully saturated rings. The molecule has 0 bridgehead atoms. The standard InChI is InChI=1S/C25H26N2O6/c1-27-23(15-7-9-16(30-2)10-8-15)22(24(28)26-14-17-6-5-11-33-17)18-12-20(31-3)21(32-4)13-19(18)25(27)29/h5-13,22-23H,14H2,1-4H3,(H,26,28)/t22-,23-/m0/s1. The van der Waals surface area contributed by atoms with Gasteiger partial charge < -0.3 is 28.8 Å². The van der Waals surface area contributed by atoms with Crippen molar-refractivity contribution >= 4 is 11.8 Å². The van der Waals surface area contributed by atoms with Crippen LogP contribution in [0.15, 0.2) is 59.2 Å².